The van der Waals surface area contributed by atoms with Crippen molar-refractivity contribution in [2.45, 2.75) is 63.5 Å². The lowest BCUT2D eigenvalue weighted by atomic mass is 9.73. The van der Waals surface area contributed by atoms with E-state index < -0.39 is 0 Å². The lowest BCUT2D eigenvalue weighted by Crippen LogP contribution is -2.60. The van der Waals surface area contributed by atoms with E-state index in [1.165, 1.54) is 44.9 Å². The maximum Gasteiger partial charge on any atom is 0.0331 e. The van der Waals surface area contributed by atoms with Crippen molar-refractivity contribution in [1.29, 1.82) is 0 Å². The molecule has 2 aliphatic rings. The number of nitrogens with zero attached hydrogens (tertiary/aromatic N) is 1. The van der Waals surface area contributed by atoms with Gasteiger partial charge in [0.15, 0.2) is 0 Å². The largest absolute Gasteiger partial charge is 0.329 e. The molecule has 2 heteroatoms. The minimum Gasteiger partial charge on any atom is -0.329 e. The van der Waals surface area contributed by atoms with Crippen molar-refractivity contribution in [3.8, 4) is 0 Å². The topological polar surface area (TPSA) is 29.3 Å². The standard InChI is InChI=1S/C13H26N2/c1-11-5-3-6-12(9-11)15(2)13(10-14)7-4-8-13/h11-12H,3-10,14H2,1-2H3. The first-order chi connectivity index (χ1) is 7.18. The van der Waals surface area contributed by atoms with Gasteiger partial charge in [-0.1, -0.05) is 19.8 Å². The van der Waals surface area contributed by atoms with Crippen LogP contribution in [0.3, 0.4) is 0 Å². The molecule has 0 aromatic rings. The van der Waals surface area contributed by atoms with Crippen LogP contribution in [0, 0.1) is 5.92 Å². The van der Waals surface area contributed by atoms with E-state index in [4.69, 9.17) is 5.73 Å². The predicted molar refractivity (Wildman–Crippen MR) is 64.8 cm³/mol. The first kappa shape index (κ1) is 11.4. The Kier molecular flexibility index (Phi) is 3.36. The van der Waals surface area contributed by atoms with Gasteiger partial charge in [-0.2, -0.15) is 0 Å². The van der Waals surface area contributed by atoms with E-state index in [0.29, 0.717) is 5.54 Å². The molecule has 2 fully saturated rings. The Hall–Kier alpha value is -0.0800. The second-order valence-corrected chi connectivity index (χ2v) is 5.82. The van der Waals surface area contributed by atoms with Gasteiger partial charge in [-0.05, 0) is 45.1 Å². The zero-order valence-corrected chi connectivity index (χ0v) is 10.3. The fourth-order valence-electron chi connectivity index (χ4n) is 3.43. The molecular formula is C13H26N2. The van der Waals surface area contributed by atoms with Gasteiger partial charge < -0.3 is 5.73 Å². The van der Waals surface area contributed by atoms with E-state index in [1.807, 2.05) is 0 Å². The van der Waals surface area contributed by atoms with Gasteiger partial charge in [-0.3, -0.25) is 4.90 Å². The van der Waals surface area contributed by atoms with E-state index in [1.54, 1.807) is 0 Å². The molecule has 0 bridgehead atoms. The average molecular weight is 210 g/mol. The molecule has 0 aromatic carbocycles. The summed E-state index contributed by atoms with van der Waals surface area (Å²) >= 11 is 0. The molecule has 0 amide bonds. The highest BCUT2D eigenvalue weighted by Gasteiger charge is 2.42. The van der Waals surface area contributed by atoms with Gasteiger partial charge in [0.25, 0.3) is 0 Å². The third-order valence-corrected chi connectivity index (χ3v) is 4.87. The number of rotatable bonds is 3. The maximum absolute atomic E-state index is 5.97. The fraction of sp³-hybridized carbons (Fsp3) is 1.00. The highest BCUT2D eigenvalue weighted by molar-refractivity contribution is 5.00. The van der Waals surface area contributed by atoms with Gasteiger partial charge in [0.1, 0.15) is 0 Å². The SMILES string of the molecule is CC1CCCC(N(C)C2(CN)CCC2)C1. The van der Waals surface area contributed by atoms with Crippen molar-refractivity contribution in [2.24, 2.45) is 11.7 Å². The van der Waals surface area contributed by atoms with E-state index in [0.717, 1.165) is 18.5 Å². The van der Waals surface area contributed by atoms with Crippen molar-refractivity contribution in [1.82, 2.24) is 4.90 Å². The summed E-state index contributed by atoms with van der Waals surface area (Å²) in [5.41, 5.74) is 6.35. The quantitative estimate of drug-likeness (QED) is 0.775. The first-order valence-corrected chi connectivity index (χ1v) is 6.61. The number of hydrogen-bond donors (Lipinski definition) is 1. The Labute approximate surface area is 94.2 Å². The Bertz CT molecular complexity index is 205. The molecule has 2 nitrogen and oxygen atoms in total. The number of nitrogens with two attached hydrogens (primary N) is 1. The fourth-order valence-corrected chi connectivity index (χ4v) is 3.43. The summed E-state index contributed by atoms with van der Waals surface area (Å²) in [7, 11) is 2.31. The third kappa shape index (κ3) is 2.07. The van der Waals surface area contributed by atoms with Crippen LogP contribution in [-0.2, 0) is 0 Å². The molecule has 15 heavy (non-hydrogen) atoms. The summed E-state index contributed by atoms with van der Waals surface area (Å²) in [6, 6.07) is 0.803. The van der Waals surface area contributed by atoms with Crippen molar-refractivity contribution in [3.05, 3.63) is 0 Å². The normalized spacial score (nSPS) is 35.2. The molecule has 2 unspecified atom stereocenters. The van der Waals surface area contributed by atoms with E-state index in [9.17, 15) is 0 Å². The van der Waals surface area contributed by atoms with E-state index in [2.05, 4.69) is 18.9 Å². The Morgan fingerprint density at radius 2 is 2.00 bits per heavy atom. The molecule has 88 valence electrons. The lowest BCUT2D eigenvalue weighted by Gasteiger charge is -2.52. The highest BCUT2D eigenvalue weighted by atomic mass is 15.2. The van der Waals surface area contributed by atoms with E-state index >= 15 is 0 Å². The average Bonchev–Trinajstić information content (AvgIpc) is 2.17. The van der Waals surface area contributed by atoms with Gasteiger partial charge in [-0.15, -0.1) is 0 Å². The van der Waals surface area contributed by atoms with Gasteiger partial charge >= 0.3 is 0 Å². The van der Waals surface area contributed by atoms with Crippen LogP contribution >= 0.6 is 0 Å². The van der Waals surface area contributed by atoms with Crippen LogP contribution in [0.1, 0.15) is 51.9 Å². The summed E-state index contributed by atoms with van der Waals surface area (Å²) in [5.74, 6) is 0.918. The monoisotopic (exact) mass is 210 g/mol. The zero-order valence-electron chi connectivity index (χ0n) is 10.3. The molecule has 0 saturated heterocycles. The van der Waals surface area contributed by atoms with Crippen molar-refractivity contribution in [3.63, 3.8) is 0 Å². The van der Waals surface area contributed by atoms with Crippen LogP contribution < -0.4 is 5.73 Å². The molecule has 2 N–H and O–H groups in total. The molecule has 0 heterocycles. The summed E-state index contributed by atoms with van der Waals surface area (Å²) in [5, 5.41) is 0. The Morgan fingerprint density at radius 1 is 1.27 bits per heavy atom. The van der Waals surface area contributed by atoms with Gasteiger partial charge in [0.05, 0.1) is 0 Å². The summed E-state index contributed by atoms with van der Waals surface area (Å²) < 4.78 is 0. The van der Waals surface area contributed by atoms with Gasteiger partial charge in [0.2, 0.25) is 0 Å². The maximum atomic E-state index is 5.97. The van der Waals surface area contributed by atoms with Crippen LogP contribution in [-0.4, -0.2) is 30.1 Å². The van der Waals surface area contributed by atoms with Crippen LogP contribution in [0.5, 0.6) is 0 Å². The lowest BCUT2D eigenvalue weighted by molar-refractivity contribution is -0.00666. The smallest absolute Gasteiger partial charge is 0.0331 e. The van der Waals surface area contributed by atoms with Crippen LogP contribution in [0.25, 0.3) is 0 Å². The summed E-state index contributed by atoms with van der Waals surface area (Å²) in [6.45, 7) is 3.25. The van der Waals surface area contributed by atoms with Crippen LogP contribution in [0.2, 0.25) is 0 Å². The van der Waals surface area contributed by atoms with Crippen LogP contribution in [0.4, 0.5) is 0 Å². The van der Waals surface area contributed by atoms with Gasteiger partial charge in [0, 0.05) is 18.1 Å². The van der Waals surface area contributed by atoms with Crippen molar-refractivity contribution < 1.29 is 0 Å². The molecule has 0 radical (unpaired) electrons. The second kappa shape index (κ2) is 4.42. The number of hydrogen-bond acceptors (Lipinski definition) is 2. The molecule has 2 saturated carbocycles. The Balaban J connectivity index is 1.96. The summed E-state index contributed by atoms with van der Waals surface area (Å²) in [6.07, 6.45) is 9.65. The van der Waals surface area contributed by atoms with Crippen molar-refractivity contribution in [2.75, 3.05) is 13.6 Å². The summed E-state index contributed by atoms with van der Waals surface area (Å²) in [4.78, 5) is 2.63. The van der Waals surface area contributed by atoms with E-state index in [-0.39, 0.29) is 0 Å². The molecule has 0 spiro atoms. The minimum absolute atomic E-state index is 0.377. The molecule has 2 aliphatic carbocycles. The van der Waals surface area contributed by atoms with Gasteiger partial charge in [-0.25, -0.2) is 0 Å². The van der Waals surface area contributed by atoms with Crippen LogP contribution in [0.15, 0.2) is 0 Å². The first-order valence-electron chi connectivity index (χ1n) is 6.61. The third-order valence-electron chi connectivity index (χ3n) is 4.87. The zero-order chi connectivity index (χ0) is 10.9. The highest BCUT2D eigenvalue weighted by Crippen LogP contribution is 2.40. The Morgan fingerprint density at radius 3 is 2.47 bits per heavy atom. The number of likely N-dealkylation sites (N-methyl/N-ethyl adjacent to an activating group) is 1. The molecule has 0 aliphatic heterocycles. The minimum atomic E-state index is 0.377. The molecular weight excluding hydrogens is 184 g/mol. The molecule has 2 rings (SSSR count). The predicted octanol–water partition coefficient (Wildman–Crippen LogP) is 2.38. The van der Waals surface area contributed by atoms with Crippen molar-refractivity contribution >= 4 is 0 Å². The second-order valence-electron chi connectivity index (χ2n) is 5.82. The molecule has 0 aromatic heterocycles. The molecule has 2 atom stereocenters.